The second kappa shape index (κ2) is 7.89. The van der Waals surface area contributed by atoms with E-state index < -0.39 is 0 Å². The van der Waals surface area contributed by atoms with Crippen LogP contribution >= 0.6 is 11.3 Å². The van der Waals surface area contributed by atoms with Crippen LogP contribution in [0.4, 0.5) is 0 Å². The summed E-state index contributed by atoms with van der Waals surface area (Å²) in [5.74, 6) is 0. The zero-order chi connectivity index (χ0) is 10.9. The Labute approximate surface area is 97.9 Å². The van der Waals surface area contributed by atoms with Crippen molar-refractivity contribution in [2.45, 2.75) is 52.0 Å². The molecule has 1 atom stereocenters. The van der Waals surface area contributed by atoms with E-state index in [1.54, 1.807) is 11.3 Å². The van der Waals surface area contributed by atoms with Crippen LogP contribution in [0.2, 0.25) is 0 Å². The van der Waals surface area contributed by atoms with Gasteiger partial charge in [0.15, 0.2) is 0 Å². The van der Waals surface area contributed by atoms with Crippen molar-refractivity contribution in [2.75, 3.05) is 6.54 Å². The van der Waals surface area contributed by atoms with Crippen LogP contribution in [0.1, 0.15) is 45.1 Å². The highest BCUT2D eigenvalue weighted by molar-refractivity contribution is 7.07. The minimum absolute atomic E-state index is 0.717. The number of aryl methyl sites for hydroxylation is 1. The molecule has 0 fully saturated rings. The lowest BCUT2D eigenvalue weighted by Crippen LogP contribution is -2.29. The summed E-state index contributed by atoms with van der Waals surface area (Å²) in [6.45, 7) is 5.56. The fraction of sp³-hybridized carbons (Fsp3) is 0.692. The lowest BCUT2D eigenvalue weighted by atomic mass is 10.0. The highest BCUT2D eigenvalue weighted by Gasteiger charge is 2.06. The Balaban J connectivity index is 2.24. The molecule has 15 heavy (non-hydrogen) atoms. The summed E-state index contributed by atoms with van der Waals surface area (Å²) in [6.07, 6.45) is 6.49. The van der Waals surface area contributed by atoms with Crippen molar-refractivity contribution in [3.63, 3.8) is 0 Å². The van der Waals surface area contributed by atoms with Gasteiger partial charge in [0.2, 0.25) is 0 Å². The minimum atomic E-state index is 0.717. The predicted octanol–water partition coefficient (Wildman–Crippen LogP) is 3.85. The van der Waals surface area contributed by atoms with Gasteiger partial charge in [-0.25, -0.2) is 0 Å². The van der Waals surface area contributed by atoms with E-state index >= 15 is 0 Å². The van der Waals surface area contributed by atoms with Crippen LogP contribution in [0.25, 0.3) is 0 Å². The topological polar surface area (TPSA) is 12.0 Å². The molecule has 0 spiro atoms. The number of nitrogens with one attached hydrogen (secondary N) is 1. The average Bonchev–Trinajstić information content (AvgIpc) is 2.75. The number of hydrogen-bond acceptors (Lipinski definition) is 2. The predicted molar refractivity (Wildman–Crippen MR) is 69.6 cm³/mol. The lowest BCUT2D eigenvalue weighted by molar-refractivity contribution is 0.449. The van der Waals surface area contributed by atoms with E-state index in [1.807, 2.05) is 0 Å². The number of rotatable bonds is 8. The molecular formula is C13H23NS. The third kappa shape index (κ3) is 5.33. The highest BCUT2D eigenvalue weighted by Crippen LogP contribution is 2.12. The van der Waals surface area contributed by atoms with E-state index in [9.17, 15) is 0 Å². The fourth-order valence-corrected chi connectivity index (χ4v) is 2.57. The SMILES string of the molecule is CCCCC(CCc1ccsc1)NCC. The third-order valence-corrected chi connectivity index (χ3v) is 3.49. The van der Waals surface area contributed by atoms with Gasteiger partial charge in [-0.15, -0.1) is 0 Å². The molecule has 0 amide bonds. The Morgan fingerprint density at radius 2 is 2.20 bits per heavy atom. The summed E-state index contributed by atoms with van der Waals surface area (Å²) in [5, 5.41) is 8.02. The highest BCUT2D eigenvalue weighted by atomic mass is 32.1. The van der Waals surface area contributed by atoms with E-state index in [0.717, 1.165) is 12.6 Å². The Hall–Kier alpha value is -0.340. The molecule has 1 unspecified atom stereocenters. The fourth-order valence-electron chi connectivity index (χ4n) is 1.86. The van der Waals surface area contributed by atoms with Gasteiger partial charge in [-0.05, 0) is 48.2 Å². The van der Waals surface area contributed by atoms with Crippen LogP contribution in [-0.2, 0) is 6.42 Å². The van der Waals surface area contributed by atoms with Gasteiger partial charge in [-0.3, -0.25) is 0 Å². The first-order chi connectivity index (χ1) is 7.36. The third-order valence-electron chi connectivity index (χ3n) is 2.76. The normalized spacial score (nSPS) is 12.9. The molecular weight excluding hydrogens is 202 g/mol. The molecule has 0 aliphatic carbocycles. The van der Waals surface area contributed by atoms with Crippen molar-refractivity contribution in [3.8, 4) is 0 Å². The van der Waals surface area contributed by atoms with E-state index in [-0.39, 0.29) is 0 Å². The van der Waals surface area contributed by atoms with Crippen molar-refractivity contribution < 1.29 is 0 Å². The first-order valence-corrected chi connectivity index (χ1v) is 7.05. The Kier molecular flexibility index (Phi) is 6.69. The van der Waals surface area contributed by atoms with E-state index in [1.165, 1.54) is 37.7 Å². The second-order valence-corrected chi connectivity index (χ2v) is 4.85. The standard InChI is InChI=1S/C13H23NS/c1-3-5-6-13(14-4-2)8-7-12-9-10-15-11-12/h9-11,13-14H,3-8H2,1-2H3. The van der Waals surface area contributed by atoms with Gasteiger partial charge in [0.05, 0.1) is 0 Å². The van der Waals surface area contributed by atoms with Crippen LogP contribution < -0.4 is 5.32 Å². The zero-order valence-electron chi connectivity index (χ0n) is 9.96. The van der Waals surface area contributed by atoms with E-state index in [0.29, 0.717) is 0 Å². The molecule has 1 nitrogen and oxygen atoms in total. The van der Waals surface area contributed by atoms with Gasteiger partial charge >= 0.3 is 0 Å². The first-order valence-electron chi connectivity index (χ1n) is 6.11. The van der Waals surface area contributed by atoms with Crippen LogP contribution in [0.15, 0.2) is 16.8 Å². The maximum absolute atomic E-state index is 3.58. The van der Waals surface area contributed by atoms with Gasteiger partial charge < -0.3 is 5.32 Å². The summed E-state index contributed by atoms with van der Waals surface area (Å²) in [5.41, 5.74) is 1.50. The molecule has 0 saturated carbocycles. The monoisotopic (exact) mass is 225 g/mol. The van der Waals surface area contributed by atoms with Gasteiger partial charge in [-0.1, -0.05) is 26.7 Å². The molecule has 1 N–H and O–H groups in total. The maximum Gasteiger partial charge on any atom is 0.00701 e. The zero-order valence-corrected chi connectivity index (χ0v) is 10.8. The Morgan fingerprint density at radius 1 is 1.33 bits per heavy atom. The molecule has 1 heterocycles. The van der Waals surface area contributed by atoms with Crippen LogP contribution in [-0.4, -0.2) is 12.6 Å². The molecule has 0 aliphatic heterocycles. The summed E-state index contributed by atoms with van der Waals surface area (Å²) < 4.78 is 0. The molecule has 0 aliphatic rings. The van der Waals surface area contributed by atoms with Crippen molar-refractivity contribution in [1.29, 1.82) is 0 Å². The largest absolute Gasteiger partial charge is 0.314 e. The molecule has 1 aromatic rings. The van der Waals surface area contributed by atoms with Gasteiger partial charge in [0, 0.05) is 6.04 Å². The van der Waals surface area contributed by atoms with Crippen LogP contribution in [0, 0.1) is 0 Å². The second-order valence-electron chi connectivity index (χ2n) is 4.07. The van der Waals surface area contributed by atoms with Crippen molar-refractivity contribution >= 4 is 11.3 Å². The lowest BCUT2D eigenvalue weighted by Gasteiger charge is -2.17. The van der Waals surface area contributed by atoms with E-state index in [4.69, 9.17) is 0 Å². The number of unbranched alkanes of at least 4 members (excludes halogenated alkanes) is 1. The molecule has 1 aromatic heterocycles. The van der Waals surface area contributed by atoms with Gasteiger partial charge in [0.25, 0.3) is 0 Å². The minimum Gasteiger partial charge on any atom is -0.314 e. The number of thiophene rings is 1. The summed E-state index contributed by atoms with van der Waals surface area (Å²) in [6, 6.07) is 2.96. The molecule has 0 bridgehead atoms. The van der Waals surface area contributed by atoms with E-state index in [2.05, 4.69) is 36.0 Å². The molecule has 0 radical (unpaired) electrons. The number of hydrogen-bond donors (Lipinski definition) is 1. The molecule has 86 valence electrons. The maximum atomic E-state index is 3.58. The van der Waals surface area contributed by atoms with Crippen molar-refractivity contribution in [2.24, 2.45) is 0 Å². The first kappa shape index (κ1) is 12.7. The molecule has 0 aromatic carbocycles. The summed E-state index contributed by atoms with van der Waals surface area (Å²) in [4.78, 5) is 0. The summed E-state index contributed by atoms with van der Waals surface area (Å²) in [7, 11) is 0. The van der Waals surface area contributed by atoms with Gasteiger partial charge in [0.1, 0.15) is 0 Å². The van der Waals surface area contributed by atoms with Crippen molar-refractivity contribution in [1.82, 2.24) is 5.32 Å². The summed E-state index contributed by atoms with van der Waals surface area (Å²) >= 11 is 1.80. The van der Waals surface area contributed by atoms with Gasteiger partial charge in [-0.2, -0.15) is 11.3 Å². The Morgan fingerprint density at radius 3 is 2.80 bits per heavy atom. The molecule has 1 rings (SSSR count). The van der Waals surface area contributed by atoms with Crippen LogP contribution in [0.5, 0.6) is 0 Å². The average molecular weight is 225 g/mol. The molecule has 0 saturated heterocycles. The smallest absolute Gasteiger partial charge is 0.00701 e. The Bertz CT molecular complexity index is 231. The van der Waals surface area contributed by atoms with Crippen LogP contribution in [0.3, 0.4) is 0 Å². The quantitative estimate of drug-likeness (QED) is 0.708. The van der Waals surface area contributed by atoms with Crippen molar-refractivity contribution in [3.05, 3.63) is 22.4 Å². The molecule has 2 heteroatoms.